The summed E-state index contributed by atoms with van der Waals surface area (Å²) in [6.07, 6.45) is 1.01. The number of nitrogens with two attached hydrogens (primary N) is 1. The standard InChI is InChI=1S/C15H21N5O/c1-3-9-17-13-10-14(20-15(16)19-13)18-11-7-5-6-8-12(11)21-4-2/h5-8,10H,3-4,9H2,1-2H3,(H4,16,17,18,19,20). The van der Waals surface area contributed by atoms with Gasteiger partial charge in [-0.05, 0) is 25.5 Å². The number of aromatic nitrogens is 2. The Bertz CT molecular complexity index is 588. The molecule has 2 aromatic rings. The second kappa shape index (κ2) is 7.33. The molecule has 0 saturated heterocycles. The zero-order valence-electron chi connectivity index (χ0n) is 12.4. The molecule has 0 radical (unpaired) electrons. The number of nitrogen functional groups attached to an aromatic ring is 1. The van der Waals surface area contributed by atoms with E-state index >= 15 is 0 Å². The number of rotatable bonds is 7. The van der Waals surface area contributed by atoms with Gasteiger partial charge in [-0.15, -0.1) is 0 Å². The van der Waals surface area contributed by atoms with Crippen LogP contribution in [0.5, 0.6) is 5.75 Å². The molecule has 112 valence electrons. The van der Waals surface area contributed by atoms with Crippen molar-refractivity contribution in [2.24, 2.45) is 0 Å². The van der Waals surface area contributed by atoms with Gasteiger partial charge in [0.25, 0.3) is 0 Å². The van der Waals surface area contributed by atoms with Gasteiger partial charge >= 0.3 is 0 Å². The highest BCUT2D eigenvalue weighted by Gasteiger charge is 2.06. The maximum Gasteiger partial charge on any atom is 0.223 e. The molecule has 6 heteroatoms. The first-order valence-electron chi connectivity index (χ1n) is 7.10. The number of anilines is 4. The Labute approximate surface area is 124 Å². The molecule has 0 amide bonds. The van der Waals surface area contributed by atoms with Crippen LogP contribution < -0.4 is 21.1 Å². The molecule has 0 fully saturated rings. The van der Waals surface area contributed by atoms with Crippen molar-refractivity contribution in [1.82, 2.24) is 9.97 Å². The Morgan fingerprint density at radius 3 is 2.67 bits per heavy atom. The topological polar surface area (TPSA) is 85.1 Å². The average Bonchev–Trinajstić information content (AvgIpc) is 2.47. The third-order valence-electron chi connectivity index (χ3n) is 2.75. The molecule has 0 aliphatic rings. The van der Waals surface area contributed by atoms with E-state index in [9.17, 15) is 0 Å². The molecule has 1 aromatic heterocycles. The maximum absolute atomic E-state index is 5.75. The van der Waals surface area contributed by atoms with E-state index in [1.807, 2.05) is 37.3 Å². The van der Waals surface area contributed by atoms with Crippen molar-refractivity contribution < 1.29 is 4.74 Å². The van der Waals surface area contributed by atoms with E-state index in [0.29, 0.717) is 18.2 Å². The lowest BCUT2D eigenvalue weighted by molar-refractivity contribution is 0.342. The number of ether oxygens (including phenoxy) is 1. The summed E-state index contributed by atoms with van der Waals surface area (Å²) in [6.45, 7) is 5.49. The molecule has 1 heterocycles. The van der Waals surface area contributed by atoms with Gasteiger partial charge in [0.15, 0.2) is 0 Å². The average molecular weight is 287 g/mol. The van der Waals surface area contributed by atoms with Gasteiger partial charge in [0, 0.05) is 12.6 Å². The summed E-state index contributed by atoms with van der Waals surface area (Å²) in [6, 6.07) is 9.54. The van der Waals surface area contributed by atoms with Gasteiger partial charge in [-0.3, -0.25) is 0 Å². The van der Waals surface area contributed by atoms with Crippen molar-refractivity contribution in [2.75, 3.05) is 29.5 Å². The predicted octanol–water partition coefficient (Wildman–Crippen LogP) is 3.02. The fraction of sp³-hybridized carbons (Fsp3) is 0.333. The lowest BCUT2D eigenvalue weighted by atomic mass is 10.3. The summed E-state index contributed by atoms with van der Waals surface area (Å²) >= 11 is 0. The molecule has 4 N–H and O–H groups in total. The van der Waals surface area contributed by atoms with Gasteiger partial charge in [-0.1, -0.05) is 19.1 Å². The van der Waals surface area contributed by atoms with Gasteiger partial charge in [-0.2, -0.15) is 9.97 Å². The van der Waals surface area contributed by atoms with Crippen LogP contribution in [0.1, 0.15) is 20.3 Å². The van der Waals surface area contributed by atoms with E-state index in [4.69, 9.17) is 10.5 Å². The summed E-state index contributed by atoms with van der Waals surface area (Å²) in [7, 11) is 0. The highest BCUT2D eigenvalue weighted by Crippen LogP contribution is 2.27. The molecule has 0 spiro atoms. The lowest BCUT2D eigenvalue weighted by Gasteiger charge is -2.13. The molecule has 0 bridgehead atoms. The van der Waals surface area contributed by atoms with Crippen molar-refractivity contribution in [2.45, 2.75) is 20.3 Å². The quantitative estimate of drug-likeness (QED) is 0.726. The Morgan fingerprint density at radius 1 is 1.14 bits per heavy atom. The van der Waals surface area contributed by atoms with Gasteiger partial charge in [-0.25, -0.2) is 0 Å². The number of hydrogen-bond acceptors (Lipinski definition) is 6. The molecule has 21 heavy (non-hydrogen) atoms. The third-order valence-corrected chi connectivity index (χ3v) is 2.75. The molecular weight excluding hydrogens is 266 g/mol. The van der Waals surface area contributed by atoms with Crippen molar-refractivity contribution in [3.05, 3.63) is 30.3 Å². The second-order valence-corrected chi connectivity index (χ2v) is 4.48. The Morgan fingerprint density at radius 2 is 1.90 bits per heavy atom. The molecule has 0 saturated carbocycles. The smallest absolute Gasteiger partial charge is 0.223 e. The first-order valence-corrected chi connectivity index (χ1v) is 7.10. The SMILES string of the molecule is CCCNc1cc(Nc2ccccc2OCC)nc(N)n1. The Kier molecular flexibility index (Phi) is 5.20. The molecule has 2 rings (SSSR count). The Balaban J connectivity index is 2.21. The van der Waals surface area contributed by atoms with Crippen LogP contribution in [0.4, 0.5) is 23.3 Å². The van der Waals surface area contributed by atoms with E-state index in [1.165, 1.54) is 0 Å². The highest BCUT2D eigenvalue weighted by molar-refractivity contribution is 5.66. The normalized spacial score (nSPS) is 10.2. The minimum Gasteiger partial charge on any atom is -0.492 e. The molecule has 0 aliphatic heterocycles. The maximum atomic E-state index is 5.75. The van der Waals surface area contributed by atoms with Crippen LogP contribution in [0.2, 0.25) is 0 Å². The van der Waals surface area contributed by atoms with E-state index in [-0.39, 0.29) is 5.95 Å². The van der Waals surface area contributed by atoms with Crippen LogP contribution in [0, 0.1) is 0 Å². The summed E-state index contributed by atoms with van der Waals surface area (Å²) < 4.78 is 5.58. The largest absolute Gasteiger partial charge is 0.492 e. The van der Waals surface area contributed by atoms with Crippen LogP contribution in [0.25, 0.3) is 0 Å². The molecule has 0 aliphatic carbocycles. The van der Waals surface area contributed by atoms with Crippen LogP contribution in [-0.2, 0) is 0 Å². The van der Waals surface area contributed by atoms with E-state index in [0.717, 1.165) is 24.4 Å². The van der Waals surface area contributed by atoms with Crippen LogP contribution in [0.15, 0.2) is 30.3 Å². The highest BCUT2D eigenvalue weighted by atomic mass is 16.5. The lowest BCUT2D eigenvalue weighted by Crippen LogP contribution is -2.07. The van der Waals surface area contributed by atoms with Crippen molar-refractivity contribution in [1.29, 1.82) is 0 Å². The number of nitrogens with one attached hydrogen (secondary N) is 2. The molecule has 0 unspecified atom stereocenters. The summed E-state index contributed by atoms with van der Waals surface area (Å²) in [4.78, 5) is 8.35. The zero-order valence-corrected chi connectivity index (χ0v) is 12.4. The summed E-state index contributed by atoms with van der Waals surface area (Å²) in [5.41, 5.74) is 6.59. The van der Waals surface area contributed by atoms with Crippen molar-refractivity contribution in [3.8, 4) is 5.75 Å². The number of nitrogens with zero attached hydrogens (tertiary/aromatic N) is 2. The fourth-order valence-electron chi connectivity index (χ4n) is 1.86. The van der Waals surface area contributed by atoms with Crippen molar-refractivity contribution in [3.63, 3.8) is 0 Å². The molecule has 0 atom stereocenters. The second-order valence-electron chi connectivity index (χ2n) is 4.48. The van der Waals surface area contributed by atoms with Crippen LogP contribution >= 0.6 is 0 Å². The van der Waals surface area contributed by atoms with Gasteiger partial charge in [0.1, 0.15) is 17.4 Å². The predicted molar refractivity (Wildman–Crippen MR) is 86.1 cm³/mol. The van der Waals surface area contributed by atoms with Gasteiger partial charge < -0.3 is 21.1 Å². The minimum atomic E-state index is 0.229. The van der Waals surface area contributed by atoms with Crippen molar-refractivity contribution >= 4 is 23.3 Å². The van der Waals surface area contributed by atoms with Gasteiger partial charge in [0.05, 0.1) is 12.3 Å². The number of benzene rings is 1. The van der Waals surface area contributed by atoms with E-state index < -0.39 is 0 Å². The fourth-order valence-corrected chi connectivity index (χ4v) is 1.86. The van der Waals surface area contributed by atoms with E-state index in [1.54, 1.807) is 0 Å². The van der Waals surface area contributed by atoms with Crippen LogP contribution in [-0.4, -0.2) is 23.1 Å². The van der Waals surface area contributed by atoms with Gasteiger partial charge in [0.2, 0.25) is 5.95 Å². The monoisotopic (exact) mass is 287 g/mol. The summed E-state index contributed by atoms with van der Waals surface area (Å²) in [5, 5.41) is 6.42. The number of hydrogen-bond donors (Lipinski definition) is 3. The first kappa shape index (κ1) is 14.9. The van der Waals surface area contributed by atoms with E-state index in [2.05, 4.69) is 27.5 Å². The first-order chi connectivity index (χ1) is 10.2. The van der Waals surface area contributed by atoms with Crippen LogP contribution in [0.3, 0.4) is 0 Å². The molecular formula is C15H21N5O. The molecule has 1 aromatic carbocycles. The third kappa shape index (κ3) is 4.24. The summed E-state index contributed by atoms with van der Waals surface area (Å²) in [5.74, 6) is 2.35. The minimum absolute atomic E-state index is 0.229. The molecule has 6 nitrogen and oxygen atoms in total. The number of para-hydroxylation sites is 2. The Hall–Kier alpha value is -2.50. The zero-order chi connectivity index (χ0) is 15.1.